The van der Waals surface area contributed by atoms with E-state index >= 15 is 0 Å². The fraction of sp³-hybridized carbons (Fsp3) is 0.667. The first-order valence-corrected chi connectivity index (χ1v) is 8.94. The zero-order valence-corrected chi connectivity index (χ0v) is 15.5. The standard InChI is InChI=1S/C15H24N4O5S/c1-16-14(20)23-8-10-11(9-24-15(21)17-2)19(3)13(18-10)25-12-6-4-5-7-22-12/h12H,4-9H2,1-3H3,(H,16,20)(H,17,21)/t12-/m1/s1. The Bertz CT molecular complexity index is 601. The third-order valence-corrected chi connectivity index (χ3v) is 4.93. The zero-order chi connectivity index (χ0) is 18.2. The molecule has 0 aliphatic carbocycles. The lowest BCUT2D eigenvalue weighted by Gasteiger charge is -2.21. The van der Waals surface area contributed by atoms with Crippen molar-refractivity contribution >= 4 is 23.9 Å². The van der Waals surface area contributed by atoms with E-state index in [0.29, 0.717) is 11.4 Å². The van der Waals surface area contributed by atoms with Crippen LogP contribution in [0.1, 0.15) is 30.7 Å². The van der Waals surface area contributed by atoms with E-state index in [9.17, 15) is 9.59 Å². The van der Waals surface area contributed by atoms with Gasteiger partial charge in [0.2, 0.25) is 0 Å². The highest BCUT2D eigenvalue weighted by molar-refractivity contribution is 7.99. The average Bonchev–Trinajstić information content (AvgIpc) is 2.93. The van der Waals surface area contributed by atoms with Gasteiger partial charge in [-0.2, -0.15) is 0 Å². The Kier molecular flexibility index (Phi) is 7.38. The molecule has 140 valence electrons. The van der Waals surface area contributed by atoms with Crippen LogP contribution in [0.15, 0.2) is 5.16 Å². The molecule has 1 fully saturated rings. The maximum atomic E-state index is 11.4. The second-order valence-electron chi connectivity index (χ2n) is 5.41. The number of carbonyl (C=O) groups excluding carboxylic acids is 2. The van der Waals surface area contributed by atoms with E-state index in [-0.39, 0.29) is 18.6 Å². The molecule has 1 aromatic heterocycles. The smallest absolute Gasteiger partial charge is 0.407 e. The lowest BCUT2D eigenvalue weighted by molar-refractivity contribution is 0.0725. The molecule has 2 rings (SSSR count). The highest BCUT2D eigenvalue weighted by Gasteiger charge is 2.22. The lowest BCUT2D eigenvalue weighted by atomic mass is 10.2. The van der Waals surface area contributed by atoms with Crippen LogP contribution in [0, 0.1) is 0 Å². The SMILES string of the molecule is CNC(=O)OCc1nc(S[C@@H]2CCCCO2)n(C)c1COC(=O)NC. The number of hydrogen-bond acceptors (Lipinski definition) is 7. The fourth-order valence-corrected chi connectivity index (χ4v) is 3.41. The molecule has 0 spiro atoms. The number of rotatable bonds is 6. The molecule has 10 heteroatoms. The number of nitrogens with zero attached hydrogens (tertiary/aromatic N) is 2. The van der Waals surface area contributed by atoms with Crippen LogP contribution in [-0.4, -0.2) is 47.9 Å². The summed E-state index contributed by atoms with van der Waals surface area (Å²) in [7, 11) is 4.81. The number of hydrogen-bond donors (Lipinski definition) is 2. The van der Waals surface area contributed by atoms with E-state index in [0.717, 1.165) is 31.0 Å². The van der Waals surface area contributed by atoms with Crippen molar-refractivity contribution in [3.8, 4) is 0 Å². The van der Waals surface area contributed by atoms with Crippen molar-refractivity contribution in [2.75, 3.05) is 20.7 Å². The molecule has 0 saturated carbocycles. The first kappa shape index (κ1) is 19.4. The van der Waals surface area contributed by atoms with Gasteiger partial charge in [0.15, 0.2) is 5.16 Å². The number of amides is 2. The molecule has 1 saturated heterocycles. The summed E-state index contributed by atoms with van der Waals surface area (Å²) in [6, 6.07) is 0. The minimum Gasteiger partial charge on any atom is -0.443 e. The van der Waals surface area contributed by atoms with Gasteiger partial charge in [-0.1, -0.05) is 11.8 Å². The highest BCUT2D eigenvalue weighted by Crippen LogP contribution is 2.31. The molecule has 1 aromatic rings. The molecular weight excluding hydrogens is 348 g/mol. The van der Waals surface area contributed by atoms with Crippen molar-refractivity contribution in [2.24, 2.45) is 7.05 Å². The summed E-state index contributed by atoms with van der Waals surface area (Å²) < 4.78 is 17.8. The Hall–Kier alpha value is -1.94. The van der Waals surface area contributed by atoms with E-state index in [2.05, 4.69) is 15.6 Å². The van der Waals surface area contributed by atoms with Crippen LogP contribution in [0.5, 0.6) is 0 Å². The maximum absolute atomic E-state index is 11.4. The van der Waals surface area contributed by atoms with Crippen molar-refractivity contribution < 1.29 is 23.8 Å². The quantitative estimate of drug-likeness (QED) is 0.784. The summed E-state index contributed by atoms with van der Waals surface area (Å²) in [6.45, 7) is 0.773. The molecule has 2 amide bonds. The van der Waals surface area contributed by atoms with Gasteiger partial charge in [-0.3, -0.25) is 0 Å². The van der Waals surface area contributed by atoms with Crippen LogP contribution in [0.4, 0.5) is 9.59 Å². The molecule has 0 bridgehead atoms. The summed E-state index contributed by atoms with van der Waals surface area (Å²) in [6.07, 6.45) is 2.08. The Balaban J connectivity index is 2.13. The molecule has 25 heavy (non-hydrogen) atoms. The Morgan fingerprint density at radius 1 is 1.24 bits per heavy atom. The average molecular weight is 372 g/mol. The van der Waals surface area contributed by atoms with Crippen LogP contribution in [0.25, 0.3) is 0 Å². The Labute approximate surface area is 150 Å². The number of carbonyl (C=O) groups is 2. The van der Waals surface area contributed by atoms with E-state index in [1.165, 1.54) is 25.9 Å². The minimum absolute atomic E-state index is 0.00790. The molecule has 1 aliphatic rings. The van der Waals surface area contributed by atoms with Crippen LogP contribution < -0.4 is 10.6 Å². The number of ether oxygens (including phenoxy) is 3. The summed E-state index contributed by atoms with van der Waals surface area (Å²) in [5, 5.41) is 5.51. The summed E-state index contributed by atoms with van der Waals surface area (Å²) in [4.78, 5) is 27.2. The van der Waals surface area contributed by atoms with Gasteiger partial charge in [-0.15, -0.1) is 0 Å². The van der Waals surface area contributed by atoms with Gasteiger partial charge in [-0.25, -0.2) is 14.6 Å². The summed E-state index contributed by atoms with van der Waals surface area (Å²) in [5.41, 5.74) is 1.27. The maximum Gasteiger partial charge on any atom is 0.407 e. The highest BCUT2D eigenvalue weighted by atomic mass is 32.2. The van der Waals surface area contributed by atoms with Crippen LogP contribution >= 0.6 is 11.8 Å². The van der Waals surface area contributed by atoms with Crippen molar-refractivity contribution in [2.45, 2.75) is 43.1 Å². The van der Waals surface area contributed by atoms with Crippen molar-refractivity contribution in [1.29, 1.82) is 0 Å². The minimum atomic E-state index is -0.548. The second kappa shape index (κ2) is 9.52. The first-order valence-electron chi connectivity index (χ1n) is 8.07. The Morgan fingerprint density at radius 3 is 2.52 bits per heavy atom. The molecule has 0 unspecified atom stereocenters. The molecular formula is C15H24N4O5S. The third-order valence-electron chi connectivity index (χ3n) is 3.72. The number of aromatic nitrogens is 2. The molecule has 0 radical (unpaired) electrons. The number of alkyl carbamates (subject to hydrolysis) is 2. The monoisotopic (exact) mass is 372 g/mol. The van der Waals surface area contributed by atoms with Gasteiger partial charge >= 0.3 is 12.2 Å². The zero-order valence-electron chi connectivity index (χ0n) is 14.7. The van der Waals surface area contributed by atoms with Crippen LogP contribution in [-0.2, 0) is 34.5 Å². The van der Waals surface area contributed by atoms with Gasteiger partial charge in [0, 0.05) is 27.7 Å². The van der Waals surface area contributed by atoms with Crippen molar-refractivity contribution in [3.05, 3.63) is 11.4 Å². The van der Waals surface area contributed by atoms with Crippen LogP contribution in [0.2, 0.25) is 0 Å². The second-order valence-corrected chi connectivity index (χ2v) is 6.54. The molecule has 1 aliphatic heterocycles. The van der Waals surface area contributed by atoms with Crippen molar-refractivity contribution in [1.82, 2.24) is 20.2 Å². The molecule has 0 aromatic carbocycles. The predicted molar refractivity (Wildman–Crippen MR) is 91.1 cm³/mol. The van der Waals surface area contributed by atoms with Crippen molar-refractivity contribution in [3.63, 3.8) is 0 Å². The topological polar surface area (TPSA) is 104 Å². The van der Waals surface area contributed by atoms with Gasteiger partial charge in [-0.05, 0) is 19.3 Å². The van der Waals surface area contributed by atoms with E-state index in [1.54, 1.807) is 0 Å². The van der Waals surface area contributed by atoms with Gasteiger partial charge in [0.1, 0.15) is 24.3 Å². The lowest BCUT2D eigenvalue weighted by Crippen LogP contribution is -2.21. The third kappa shape index (κ3) is 5.53. The van der Waals surface area contributed by atoms with Gasteiger partial charge in [0.25, 0.3) is 0 Å². The van der Waals surface area contributed by atoms with E-state index in [4.69, 9.17) is 14.2 Å². The van der Waals surface area contributed by atoms with Gasteiger partial charge in [0.05, 0.1) is 5.69 Å². The predicted octanol–water partition coefficient (Wildman–Crippen LogP) is 1.75. The Morgan fingerprint density at radius 2 is 1.92 bits per heavy atom. The first-order chi connectivity index (χ1) is 12.0. The molecule has 9 nitrogen and oxygen atoms in total. The molecule has 1 atom stereocenters. The van der Waals surface area contributed by atoms with Gasteiger partial charge < -0.3 is 29.4 Å². The van der Waals surface area contributed by atoms with E-state index in [1.807, 2.05) is 11.6 Å². The van der Waals surface area contributed by atoms with E-state index < -0.39 is 12.2 Å². The largest absolute Gasteiger partial charge is 0.443 e. The fourth-order valence-electron chi connectivity index (χ4n) is 2.30. The summed E-state index contributed by atoms with van der Waals surface area (Å²) in [5.74, 6) is 0. The summed E-state index contributed by atoms with van der Waals surface area (Å²) >= 11 is 1.52. The number of thioether (sulfide) groups is 1. The molecule has 2 N–H and O–H groups in total. The number of imidazole rings is 1. The number of nitrogens with one attached hydrogen (secondary N) is 2. The normalized spacial score (nSPS) is 17.0. The van der Waals surface area contributed by atoms with Crippen LogP contribution in [0.3, 0.4) is 0 Å². The molecule has 2 heterocycles.